The Morgan fingerprint density at radius 3 is 2.63 bits per heavy atom. The number of hydrogen-bond donors (Lipinski definition) is 1. The van der Waals surface area contributed by atoms with E-state index in [1.54, 1.807) is 36.4 Å². The molecule has 0 bridgehead atoms. The molecule has 0 radical (unpaired) electrons. The molecule has 1 aromatic heterocycles. The van der Waals surface area contributed by atoms with E-state index in [2.05, 4.69) is 10.5 Å². The Kier molecular flexibility index (Phi) is 2.93. The minimum absolute atomic E-state index is 0.269. The molecule has 94 valence electrons. The molecule has 1 heterocycles. The van der Waals surface area contributed by atoms with Crippen LogP contribution in [0, 0.1) is 0 Å². The van der Waals surface area contributed by atoms with Crippen LogP contribution < -0.4 is 5.32 Å². The van der Waals surface area contributed by atoms with Crippen LogP contribution in [-0.4, -0.2) is 11.1 Å². The summed E-state index contributed by atoms with van der Waals surface area (Å²) in [4.78, 5) is 12.1. The van der Waals surface area contributed by atoms with Gasteiger partial charge in [0.15, 0.2) is 11.3 Å². The van der Waals surface area contributed by atoms with E-state index in [1.807, 2.05) is 12.1 Å². The Hall–Kier alpha value is -2.33. The average molecular weight is 273 g/mol. The van der Waals surface area contributed by atoms with E-state index in [0.717, 1.165) is 0 Å². The van der Waals surface area contributed by atoms with Crippen LogP contribution in [0.2, 0.25) is 5.02 Å². The van der Waals surface area contributed by atoms with Crippen molar-refractivity contribution in [3.8, 4) is 0 Å². The van der Waals surface area contributed by atoms with Gasteiger partial charge < -0.3 is 9.84 Å². The number of hydrogen-bond acceptors (Lipinski definition) is 3. The molecule has 3 rings (SSSR count). The number of aromatic nitrogens is 1. The number of carbonyl (C=O) groups is 1. The van der Waals surface area contributed by atoms with Crippen molar-refractivity contribution < 1.29 is 9.32 Å². The van der Waals surface area contributed by atoms with Crippen LogP contribution in [0.5, 0.6) is 0 Å². The highest BCUT2D eigenvalue weighted by Crippen LogP contribution is 2.19. The van der Waals surface area contributed by atoms with E-state index >= 15 is 0 Å². The predicted molar refractivity (Wildman–Crippen MR) is 73.4 cm³/mol. The van der Waals surface area contributed by atoms with Gasteiger partial charge >= 0.3 is 0 Å². The molecule has 1 N–H and O–H groups in total. The van der Waals surface area contributed by atoms with Crippen LogP contribution in [-0.2, 0) is 0 Å². The van der Waals surface area contributed by atoms with Crippen molar-refractivity contribution in [1.29, 1.82) is 0 Å². The van der Waals surface area contributed by atoms with E-state index in [-0.39, 0.29) is 11.6 Å². The number of halogens is 1. The molecule has 0 spiro atoms. The SMILES string of the molecule is O=C(Nc1ccc(Cl)cc1)c1noc2ccccc12. The van der Waals surface area contributed by atoms with Crippen LogP contribution in [0.3, 0.4) is 0 Å². The van der Waals surface area contributed by atoms with Gasteiger partial charge in [0.1, 0.15) is 0 Å². The first-order chi connectivity index (χ1) is 9.24. The minimum Gasteiger partial charge on any atom is -0.355 e. The predicted octanol–water partition coefficient (Wildman–Crippen LogP) is 3.73. The largest absolute Gasteiger partial charge is 0.355 e. The van der Waals surface area contributed by atoms with E-state index in [1.165, 1.54) is 0 Å². The summed E-state index contributed by atoms with van der Waals surface area (Å²) < 4.78 is 5.10. The fourth-order valence-corrected chi connectivity index (χ4v) is 1.90. The molecule has 19 heavy (non-hydrogen) atoms. The van der Waals surface area contributed by atoms with Gasteiger partial charge in [-0.1, -0.05) is 28.9 Å². The average Bonchev–Trinajstić information content (AvgIpc) is 2.85. The number of amides is 1. The number of para-hydroxylation sites is 1. The molecule has 0 unspecified atom stereocenters. The quantitative estimate of drug-likeness (QED) is 0.773. The molecular formula is C14H9ClN2O2. The van der Waals surface area contributed by atoms with Crippen LogP contribution >= 0.6 is 11.6 Å². The lowest BCUT2D eigenvalue weighted by atomic mass is 10.2. The zero-order valence-electron chi connectivity index (χ0n) is 9.76. The van der Waals surface area contributed by atoms with E-state index < -0.39 is 0 Å². The van der Waals surface area contributed by atoms with Crippen molar-refractivity contribution >= 4 is 34.2 Å². The van der Waals surface area contributed by atoms with Gasteiger partial charge in [-0.25, -0.2) is 0 Å². The van der Waals surface area contributed by atoms with Crippen molar-refractivity contribution in [2.24, 2.45) is 0 Å². The number of nitrogens with zero attached hydrogens (tertiary/aromatic N) is 1. The lowest BCUT2D eigenvalue weighted by molar-refractivity contribution is 0.102. The smallest absolute Gasteiger partial charge is 0.278 e. The maximum Gasteiger partial charge on any atom is 0.278 e. The van der Waals surface area contributed by atoms with Gasteiger partial charge in [0, 0.05) is 10.7 Å². The molecule has 0 aliphatic heterocycles. The third kappa shape index (κ3) is 2.30. The monoisotopic (exact) mass is 272 g/mol. The highest BCUT2D eigenvalue weighted by Gasteiger charge is 2.15. The maximum absolute atomic E-state index is 12.1. The summed E-state index contributed by atoms with van der Waals surface area (Å²) in [7, 11) is 0. The standard InChI is InChI=1S/C14H9ClN2O2/c15-9-5-7-10(8-6-9)16-14(18)13-11-3-1-2-4-12(11)19-17-13/h1-8H,(H,16,18). The van der Waals surface area contributed by atoms with Gasteiger partial charge in [0.05, 0.1) is 5.39 Å². The molecule has 2 aromatic carbocycles. The van der Waals surface area contributed by atoms with E-state index in [4.69, 9.17) is 16.1 Å². The summed E-state index contributed by atoms with van der Waals surface area (Å²) in [6.45, 7) is 0. The molecule has 1 amide bonds. The van der Waals surface area contributed by atoms with Gasteiger partial charge in [-0.15, -0.1) is 0 Å². The second kappa shape index (κ2) is 4.74. The Morgan fingerprint density at radius 1 is 1.11 bits per heavy atom. The molecular weight excluding hydrogens is 264 g/mol. The summed E-state index contributed by atoms with van der Waals surface area (Å²) in [5.74, 6) is -0.313. The normalized spacial score (nSPS) is 10.6. The van der Waals surface area contributed by atoms with Crippen molar-refractivity contribution in [3.63, 3.8) is 0 Å². The Labute approximate surface area is 114 Å². The molecule has 0 fully saturated rings. The second-order valence-corrected chi connectivity index (χ2v) is 4.42. The lowest BCUT2D eigenvalue weighted by Crippen LogP contribution is -2.12. The number of anilines is 1. The van der Waals surface area contributed by atoms with Crippen molar-refractivity contribution in [2.75, 3.05) is 5.32 Å². The Morgan fingerprint density at radius 2 is 1.84 bits per heavy atom. The van der Waals surface area contributed by atoms with Crippen LogP contribution in [0.4, 0.5) is 5.69 Å². The maximum atomic E-state index is 12.1. The number of fused-ring (bicyclic) bond motifs is 1. The number of rotatable bonds is 2. The van der Waals surface area contributed by atoms with Crippen molar-refractivity contribution in [1.82, 2.24) is 5.16 Å². The Balaban J connectivity index is 1.90. The summed E-state index contributed by atoms with van der Waals surface area (Å²) in [6.07, 6.45) is 0. The van der Waals surface area contributed by atoms with Gasteiger partial charge in [0.2, 0.25) is 0 Å². The van der Waals surface area contributed by atoms with E-state index in [0.29, 0.717) is 21.7 Å². The first-order valence-corrected chi connectivity index (χ1v) is 6.03. The molecule has 3 aromatic rings. The lowest BCUT2D eigenvalue weighted by Gasteiger charge is -2.02. The summed E-state index contributed by atoms with van der Waals surface area (Å²) >= 11 is 5.79. The molecule has 5 heteroatoms. The zero-order chi connectivity index (χ0) is 13.2. The van der Waals surface area contributed by atoms with Crippen LogP contribution in [0.15, 0.2) is 53.1 Å². The Bertz CT molecular complexity index is 735. The van der Waals surface area contributed by atoms with Crippen molar-refractivity contribution in [3.05, 3.63) is 59.2 Å². The number of carbonyl (C=O) groups excluding carboxylic acids is 1. The second-order valence-electron chi connectivity index (χ2n) is 3.99. The fraction of sp³-hybridized carbons (Fsp3) is 0. The van der Waals surface area contributed by atoms with Gasteiger partial charge in [-0.05, 0) is 36.4 Å². The summed E-state index contributed by atoms with van der Waals surface area (Å²) in [6, 6.07) is 14.1. The topological polar surface area (TPSA) is 55.1 Å². The molecule has 0 atom stereocenters. The molecule has 0 saturated heterocycles. The fourth-order valence-electron chi connectivity index (χ4n) is 1.77. The summed E-state index contributed by atoms with van der Waals surface area (Å²) in [5.41, 5.74) is 1.51. The van der Waals surface area contributed by atoms with Crippen LogP contribution in [0.1, 0.15) is 10.5 Å². The highest BCUT2D eigenvalue weighted by molar-refractivity contribution is 6.30. The molecule has 0 aliphatic rings. The van der Waals surface area contributed by atoms with E-state index in [9.17, 15) is 4.79 Å². The molecule has 0 saturated carbocycles. The van der Waals surface area contributed by atoms with Gasteiger partial charge in [0.25, 0.3) is 5.91 Å². The van der Waals surface area contributed by atoms with Crippen molar-refractivity contribution in [2.45, 2.75) is 0 Å². The van der Waals surface area contributed by atoms with Gasteiger partial charge in [-0.3, -0.25) is 4.79 Å². The molecule has 0 aliphatic carbocycles. The first-order valence-electron chi connectivity index (χ1n) is 5.65. The summed E-state index contributed by atoms with van der Waals surface area (Å²) in [5, 5.41) is 7.84. The first kappa shape index (κ1) is 11.7. The van der Waals surface area contributed by atoms with Gasteiger partial charge in [-0.2, -0.15) is 0 Å². The van der Waals surface area contributed by atoms with Crippen LogP contribution in [0.25, 0.3) is 11.0 Å². The minimum atomic E-state index is -0.313. The third-order valence-corrected chi connectivity index (χ3v) is 2.95. The number of nitrogens with one attached hydrogen (secondary N) is 1. The zero-order valence-corrected chi connectivity index (χ0v) is 10.5. The third-order valence-electron chi connectivity index (χ3n) is 2.69. The highest BCUT2D eigenvalue weighted by atomic mass is 35.5. The molecule has 4 nitrogen and oxygen atoms in total. The number of benzene rings is 2.